The Balaban J connectivity index is 3.09. The zero-order valence-electron chi connectivity index (χ0n) is 6.13. The summed E-state index contributed by atoms with van der Waals surface area (Å²) in [6, 6.07) is 0. The number of nitrogens with zero attached hydrogens (tertiary/aromatic N) is 2. The molecule has 5 heteroatoms. The summed E-state index contributed by atoms with van der Waals surface area (Å²) in [7, 11) is 0. The summed E-state index contributed by atoms with van der Waals surface area (Å²) in [5.41, 5.74) is -0.0359. The summed E-state index contributed by atoms with van der Waals surface area (Å²) in [4.78, 5) is 15.2. The maximum atomic E-state index is 11.4. The Morgan fingerprint density at radius 3 is 3.08 bits per heavy atom. The van der Waals surface area contributed by atoms with E-state index in [9.17, 15) is 4.79 Å². The van der Waals surface area contributed by atoms with Crippen molar-refractivity contribution in [2.75, 3.05) is 0 Å². The lowest BCUT2D eigenvalue weighted by Crippen LogP contribution is -2.22. The molecule has 0 saturated heterocycles. The van der Waals surface area contributed by atoms with Gasteiger partial charge in [0.05, 0.1) is 16.4 Å². The summed E-state index contributed by atoms with van der Waals surface area (Å²) in [5.74, 6) is 0. The van der Waals surface area contributed by atoms with E-state index in [1.54, 1.807) is 0 Å². The molecule has 64 valence electrons. The molecule has 0 aromatic carbocycles. The molecule has 0 amide bonds. The normalized spacial score (nSPS) is 9.83. The molecule has 0 bridgehead atoms. The quantitative estimate of drug-likeness (QED) is 0.769. The standard InChI is InChI=1S/C7H6BrIN2O/c1-5(8)3-11-4-10-2-6(9)7(11)12/h2,4H,1,3H2. The van der Waals surface area contributed by atoms with Gasteiger partial charge in [0.25, 0.3) is 5.56 Å². The second kappa shape index (κ2) is 4.18. The van der Waals surface area contributed by atoms with E-state index in [-0.39, 0.29) is 5.56 Å². The molecule has 0 N–H and O–H groups in total. The van der Waals surface area contributed by atoms with E-state index in [1.807, 2.05) is 22.6 Å². The first-order valence-electron chi connectivity index (χ1n) is 3.14. The number of hydrogen-bond donors (Lipinski definition) is 0. The summed E-state index contributed by atoms with van der Waals surface area (Å²) in [6.07, 6.45) is 3.04. The van der Waals surface area contributed by atoms with Crippen molar-refractivity contribution in [2.45, 2.75) is 6.54 Å². The zero-order valence-corrected chi connectivity index (χ0v) is 9.87. The van der Waals surface area contributed by atoms with Crippen molar-refractivity contribution in [1.82, 2.24) is 9.55 Å². The number of allylic oxidation sites excluding steroid dienone is 1. The molecule has 1 aromatic rings. The molecule has 0 saturated carbocycles. The van der Waals surface area contributed by atoms with Crippen LogP contribution in [0.4, 0.5) is 0 Å². The van der Waals surface area contributed by atoms with Gasteiger partial charge in [-0.2, -0.15) is 0 Å². The molecule has 0 radical (unpaired) electrons. The van der Waals surface area contributed by atoms with E-state index in [0.29, 0.717) is 10.1 Å². The number of aromatic nitrogens is 2. The van der Waals surface area contributed by atoms with E-state index in [4.69, 9.17) is 0 Å². The van der Waals surface area contributed by atoms with Gasteiger partial charge in [0, 0.05) is 10.7 Å². The Labute approximate surface area is 91.8 Å². The van der Waals surface area contributed by atoms with Crippen LogP contribution in [-0.2, 0) is 6.54 Å². The summed E-state index contributed by atoms with van der Waals surface area (Å²) < 4.78 is 2.87. The SMILES string of the molecule is C=C(Br)Cn1cncc(I)c1=O. The van der Waals surface area contributed by atoms with Crippen LogP contribution in [0.5, 0.6) is 0 Å². The summed E-state index contributed by atoms with van der Waals surface area (Å²) in [5, 5.41) is 0. The third kappa shape index (κ3) is 2.41. The highest BCUT2D eigenvalue weighted by Crippen LogP contribution is 2.02. The van der Waals surface area contributed by atoms with Crippen molar-refractivity contribution in [3.8, 4) is 0 Å². The molecular formula is C7H6BrIN2O. The smallest absolute Gasteiger partial charge is 0.267 e. The molecule has 0 atom stereocenters. The Morgan fingerprint density at radius 1 is 1.83 bits per heavy atom. The molecule has 0 spiro atoms. The van der Waals surface area contributed by atoms with Crippen molar-refractivity contribution in [1.29, 1.82) is 0 Å². The van der Waals surface area contributed by atoms with Gasteiger partial charge in [-0.15, -0.1) is 0 Å². The molecule has 0 aliphatic carbocycles. The van der Waals surface area contributed by atoms with E-state index >= 15 is 0 Å². The van der Waals surface area contributed by atoms with Crippen LogP contribution in [0.3, 0.4) is 0 Å². The number of halogens is 2. The summed E-state index contributed by atoms with van der Waals surface area (Å²) in [6.45, 7) is 4.11. The van der Waals surface area contributed by atoms with E-state index in [1.165, 1.54) is 17.1 Å². The lowest BCUT2D eigenvalue weighted by Gasteiger charge is -2.02. The van der Waals surface area contributed by atoms with Gasteiger partial charge >= 0.3 is 0 Å². The highest BCUT2D eigenvalue weighted by Gasteiger charge is 1.99. The van der Waals surface area contributed by atoms with E-state index in [0.717, 1.165) is 4.48 Å². The Hall–Kier alpha value is -0.170. The first-order valence-corrected chi connectivity index (χ1v) is 5.01. The van der Waals surface area contributed by atoms with Crippen molar-refractivity contribution in [3.05, 3.63) is 37.5 Å². The second-order valence-corrected chi connectivity index (χ2v) is 4.48. The fraction of sp³-hybridized carbons (Fsp3) is 0.143. The van der Waals surface area contributed by atoms with Crippen molar-refractivity contribution in [2.24, 2.45) is 0 Å². The van der Waals surface area contributed by atoms with Crippen molar-refractivity contribution >= 4 is 38.5 Å². The molecule has 12 heavy (non-hydrogen) atoms. The van der Waals surface area contributed by atoms with Crippen LogP contribution in [0.25, 0.3) is 0 Å². The molecule has 3 nitrogen and oxygen atoms in total. The van der Waals surface area contributed by atoms with Crippen LogP contribution in [0.15, 0.2) is 28.4 Å². The minimum Gasteiger partial charge on any atom is -0.293 e. The van der Waals surface area contributed by atoms with Gasteiger partial charge in [0.15, 0.2) is 0 Å². The number of rotatable bonds is 2. The van der Waals surface area contributed by atoms with Gasteiger partial charge in [-0.3, -0.25) is 9.36 Å². The van der Waals surface area contributed by atoms with Crippen molar-refractivity contribution < 1.29 is 0 Å². The van der Waals surface area contributed by atoms with Gasteiger partial charge in [-0.1, -0.05) is 22.5 Å². The molecule has 1 aromatic heterocycles. The first kappa shape index (κ1) is 9.91. The van der Waals surface area contributed by atoms with Crippen LogP contribution in [0, 0.1) is 3.57 Å². The van der Waals surface area contributed by atoms with Gasteiger partial charge in [-0.25, -0.2) is 4.98 Å². The molecular weight excluding hydrogens is 335 g/mol. The Kier molecular flexibility index (Phi) is 3.45. The zero-order chi connectivity index (χ0) is 9.14. The van der Waals surface area contributed by atoms with Gasteiger partial charge < -0.3 is 0 Å². The maximum Gasteiger partial charge on any atom is 0.267 e. The highest BCUT2D eigenvalue weighted by atomic mass is 127. The van der Waals surface area contributed by atoms with Crippen LogP contribution >= 0.6 is 38.5 Å². The van der Waals surface area contributed by atoms with E-state index in [2.05, 4.69) is 27.5 Å². The fourth-order valence-electron chi connectivity index (χ4n) is 0.722. The first-order chi connectivity index (χ1) is 5.61. The number of hydrogen-bond acceptors (Lipinski definition) is 2. The predicted octanol–water partition coefficient (Wildman–Crippen LogP) is 1.76. The molecule has 1 rings (SSSR count). The van der Waals surface area contributed by atoms with Gasteiger partial charge in [0.2, 0.25) is 0 Å². The summed E-state index contributed by atoms with van der Waals surface area (Å²) >= 11 is 5.14. The molecule has 0 aliphatic heterocycles. The van der Waals surface area contributed by atoms with Crippen molar-refractivity contribution in [3.63, 3.8) is 0 Å². The molecule has 0 fully saturated rings. The third-order valence-corrected chi connectivity index (χ3v) is 2.19. The minimum absolute atomic E-state index is 0.0359. The Morgan fingerprint density at radius 2 is 2.50 bits per heavy atom. The van der Waals surface area contributed by atoms with Crippen LogP contribution in [0.1, 0.15) is 0 Å². The average Bonchev–Trinajstić information content (AvgIpc) is 1.98. The molecule has 1 heterocycles. The second-order valence-electron chi connectivity index (χ2n) is 2.19. The van der Waals surface area contributed by atoms with E-state index < -0.39 is 0 Å². The Bertz CT molecular complexity index is 361. The highest BCUT2D eigenvalue weighted by molar-refractivity contribution is 14.1. The molecule has 0 aliphatic rings. The predicted molar refractivity (Wildman–Crippen MR) is 59.3 cm³/mol. The topological polar surface area (TPSA) is 34.9 Å². The maximum absolute atomic E-state index is 11.4. The fourth-order valence-corrected chi connectivity index (χ4v) is 1.46. The lowest BCUT2D eigenvalue weighted by molar-refractivity contribution is 0.743. The van der Waals surface area contributed by atoms with Gasteiger partial charge in [0.1, 0.15) is 0 Å². The van der Waals surface area contributed by atoms with Crippen LogP contribution in [0.2, 0.25) is 0 Å². The average molecular weight is 341 g/mol. The van der Waals surface area contributed by atoms with Crippen LogP contribution in [-0.4, -0.2) is 9.55 Å². The molecule has 0 unspecified atom stereocenters. The minimum atomic E-state index is -0.0359. The van der Waals surface area contributed by atoms with Crippen LogP contribution < -0.4 is 5.56 Å². The third-order valence-electron chi connectivity index (χ3n) is 1.20. The van der Waals surface area contributed by atoms with Gasteiger partial charge in [-0.05, 0) is 22.6 Å². The lowest BCUT2D eigenvalue weighted by atomic mass is 10.5. The monoisotopic (exact) mass is 340 g/mol. The largest absolute Gasteiger partial charge is 0.293 e.